The maximum atomic E-state index is 11.0. The smallest absolute Gasteiger partial charge is 0.335 e. The Hall–Kier alpha value is -3.31. The summed E-state index contributed by atoms with van der Waals surface area (Å²) in [6, 6.07) is 13.5. The second-order valence-electron chi connectivity index (χ2n) is 3.94. The van der Waals surface area contributed by atoms with Crippen molar-refractivity contribution in [1.29, 1.82) is 10.5 Å². The molecule has 0 aliphatic rings. The van der Waals surface area contributed by atoms with E-state index in [9.17, 15) is 4.79 Å². The van der Waals surface area contributed by atoms with Crippen LogP contribution in [-0.4, -0.2) is 15.6 Å². The predicted molar refractivity (Wildman–Crippen MR) is 71.9 cm³/mol. The lowest BCUT2D eigenvalue weighted by Crippen LogP contribution is -2.00. The first-order chi connectivity index (χ1) is 9.65. The van der Waals surface area contributed by atoms with Gasteiger partial charge in [0.2, 0.25) is 0 Å². The van der Waals surface area contributed by atoms with E-state index in [2.05, 4.69) is 0 Å². The summed E-state index contributed by atoms with van der Waals surface area (Å²) in [5, 5.41) is 26.5. The molecular weight excluding hydrogens is 254 g/mol. The molecule has 20 heavy (non-hydrogen) atoms. The summed E-state index contributed by atoms with van der Waals surface area (Å²) in [4.78, 5) is 11.0. The van der Waals surface area contributed by atoms with Gasteiger partial charge in [0.15, 0.2) is 0 Å². The topological polar surface area (TPSA) is 89.8 Å². The van der Waals surface area contributed by atoms with E-state index in [1.807, 2.05) is 0 Å². The Morgan fingerprint density at radius 3 is 2.60 bits per heavy atom. The molecule has 0 unspecified atom stereocenters. The minimum atomic E-state index is -1.01. The molecule has 0 amide bonds. The number of nitriles is 2. The van der Waals surface area contributed by atoms with Gasteiger partial charge in [0.25, 0.3) is 0 Å². The van der Waals surface area contributed by atoms with Crippen LogP contribution in [0.25, 0.3) is 11.8 Å². The van der Waals surface area contributed by atoms with Crippen molar-refractivity contribution in [2.75, 3.05) is 0 Å². The molecule has 0 atom stereocenters. The molecule has 0 aliphatic carbocycles. The first-order valence-corrected chi connectivity index (χ1v) is 5.68. The molecule has 1 N–H and O–H groups in total. The number of aromatic nitrogens is 1. The van der Waals surface area contributed by atoms with Crippen molar-refractivity contribution in [3.05, 3.63) is 59.4 Å². The molecule has 5 nitrogen and oxygen atoms in total. The number of rotatable bonds is 3. The minimum absolute atomic E-state index is 0.0145. The number of carbonyl (C=O) groups is 1. The van der Waals surface area contributed by atoms with Crippen molar-refractivity contribution in [1.82, 2.24) is 4.57 Å². The Bertz CT molecular complexity index is 757. The average Bonchev–Trinajstić information content (AvgIpc) is 2.93. The van der Waals surface area contributed by atoms with Crippen molar-refractivity contribution < 1.29 is 9.90 Å². The van der Waals surface area contributed by atoms with Gasteiger partial charge in [-0.15, -0.1) is 0 Å². The van der Waals surface area contributed by atoms with Crippen LogP contribution < -0.4 is 0 Å². The maximum absolute atomic E-state index is 11.0. The molecule has 5 heteroatoms. The number of hydrogen-bond donors (Lipinski definition) is 1. The lowest BCUT2D eigenvalue weighted by molar-refractivity contribution is 0.0697. The molecule has 0 saturated carbocycles. The number of nitrogens with zero attached hydrogens (tertiary/aromatic N) is 3. The Morgan fingerprint density at radius 2 is 1.95 bits per heavy atom. The zero-order chi connectivity index (χ0) is 14.5. The van der Waals surface area contributed by atoms with E-state index < -0.39 is 5.97 Å². The normalized spacial score (nSPS) is 9.30. The first-order valence-electron chi connectivity index (χ1n) is 5.68. The van der Waals surface area contributed by atoms with Crippen molar-refractivity contribution >= 4 is 12.0 Å². The quantitative estimate of drug-likeness (QED) is 0.862. The van der Waals surface area contributed by atoms with Crippen LogP contribution >= 0.6 is 0 Å². The van der Waals surface area contributed by atoms with E-state index in [1.54, 1.807) is 47.2 Å². The number of benzene rings is 1. The van der Waals surface area contributed by atoms with Gasteiger partial charge in [0.1, 0.15) is 17.7 Å². The SMILES string of the molecule is N#CC(C#N)=Cc1cccn1-c1cccc(C(=O)O)c1. The van der Waals surface area contributed by atoms with Crippen LogP contribution in [0, 0.1) is 22.7 Å². The van der Waals surface area contributed by atoms with Gasteiger partial charge >= 0.3 is 5.97 Å². The van der Waals surface area contributed by atoms with Crippen LogP contribution in [0.3, 0.4) is 0 Å². The number of aromatic carboxylic acids is 1. The minimum Gasteiger partial charge on any atom is -0.478 e. The van der Waals surface area contributed by atoms with Crippen molar-refractivity contribution in [3.63, 3.8) is 0 Å². The van der Waals surface area contributed by atoms with Crippen LogP contribution in [-0.2, 0) is 0 Å². The molecule has 0 aliphatic heterocycles. The van der Waals surface area contributed by atoms with Gasteiger partial charge in [0, 0.05) is 17.6 Å². The Morgan fingerprint density at radius 1 is 1.20 bits per heavy atom. The van der Waals surface area contributed by atoms with E-state index in [1.165, 1.54) is 18.2 Å². The monoisotopic (exact) mass is 263 g/mol. The highest BCUT2D eigenvalue weighted by Gasteiger charge is 2.07. The highest BCUT2D eigenvalue weighted by molar-refractivity contribution is 5.88. The average molecular weight is 263 g/mol. The van der Waals surface area contributed by atoms with Gasteiger partial charge in [-0.3, -0.25) is 0 Å². The first kappa shape index (κ1) is 13.1. The van der Waals surface area contributed by atoms with Crippen LogP contribution in [0.5, 0.6) is 0 Å². The van der Waals surface area contributed by atoms with Crippen molar-refractivity contribution in [3.8, 4) is 17.8 Å². The standard InChI is InChI=1S/C15H9N3O2/c16-9-11(10-17)7-13-5-2-6-18(13)14-4-1-3-12(8-14)15(19)20/h1-8H,(H,19,20). The summed E-state index contributed by atoms with van der Waals surface area (Å²) in [5.41, 5.74) is 1.44. The lowest BCUT2D eigenvalue weighted by Gasteiger charge is -2.07. The predicted octanol–water partition coefficient (Wildman–Crippen LogP) is 2.61. The van der Waals surface area contributed by atoms with Gasteiger partial charge in [-0.05, 0) is 36.4 Å². The zero-order valence-electron chi connectivity index (χ0n) is 10.3. The summed E-state index contributed by atoms with van der Waals surface area (Å²) in [6.45, 7) is 0. The molecule has 0 spiro atoms. The third kappa shape index (κ3) is 2.58. The van der Waals surface area contributed by atoms with Gasteiger partial charge in [-0.2, -0.15) is 10.5 Å². The van der Waals surface area contributed by atoms with E-state index >= 15 is 0 Å². The van der Waals surface area contributed by atoms with Crippen LogP contribution in [0.4, 0.5) is 0 Å². The van der Waals surface area contributed by atoms with Gasteiger partial charge in [-0.25, -0.2) is 4.79 Å². The van der Waals surface area contributed by atoms with Gasteiger partial charge < -0.3 is 9.67 Å². The summed E-state index contributed by atoms with van der Waals surface area (Å²) < 4.78 is 1.71. The van der Waals surface area contributed by atoms with Crippen LogP contribution in [0.2, 0.25) is 0 Å². The molecule has 1 aromatic heterocycles. The molecule has 0 fully saturated rings. The highest BCUT2D eigenvalue weighted by Crippen LogP contribution is 2.17. The van der Waals surface area contributed by atoms with E-state index in [0.717, 1.165) is 0 Å². The molecule has 0 radical (unpaired) electrons. The molecule has 0 saturated heterocycles. The molecular formula is C15H9N3O2. The second-order valence-corrected chi connectivity index (χ2v) is 3.94. The molecule has 2 aromatic rings. The largest absolute Gasteiger partial charge is 0.478 e. The third-order valence-electron chi connectivity index (χ3n) is 2.68. The second kappa shape index (κ2) is 5.55. The third-order valence-corrected chi connectivity index (χ3v) is 2.68. The molecule has 1 heterocycles. The van der Waals surface area contributed by atoms with E-state index in [4.69, 9.17) is 15.6 Å². The van der Waals surface area contributed by atoms with Crippen LogP contribution in [0.1, 0.15) is 16.1 Å². The summed E-state index contributed by atoms with van der Waals surface area (Å²) in [7, 11) is 0. The van der Waals surface area contributed by atoms with Crippen LogP contribution in [0.15, 0.2) is 48.2 Å². The zero-order valence-corrected chi connectivity index (χ0v) is 10.3. The fourth-order valence-corrected chi connectivity index (χ4v) is 1.77. The summed E-state index contributed by atoms with van der Waals surface area (Å²) >= 11 is 0. The Balaban J connectivity index is 2.51. The number of hydrogen-bond acceptors (Lipinski definition) is 3. The molecule has 2 rings (SSSR count). The molecule has 96 valence electrons. The van der Waals surface area contributed by atoms with Gasteiger partial charge in [0.05, 0.1) is 5.56 Å². The Kier molecular flexibility index (Phi) is 3.65. The highest BCUT2D eigenvalue weighted by atomic mass is 16.4. The van der Waals surface area contributed by atoms with E-state index in [0.29, 0.717) is 11.4 Å². The van der Waals surface area contributed by atoms with Gasteiger partial charge in [-0.1, -0.05) is 6.07 Å². The molecule has 0 bridgehead atoms. The lowest BCUT2D eigenvalue weighted by atomic mass is 10.2. The summed E-state index contributed by atoms with van der Waals surface area (Å²) in [5.74, 6) is -1.01. The number of carboxylic acids is 1. The molecule has 1 aromatic carbocycles. The van der Waals surface area contributed by atoms with E-state index in [-0.39, 0.29) is 11.1 Å². The maximum Gasteiger partial charge on any atom is 0.335 e. The Labute approximate surface area is 115 Å². The number of allylic oxidation sites excluding steroid dienone is 1. The van der Waals surface area contributed by atoms with Crippen molar-refractivity contribution in [2.24, 2.45) is 0 Å². The van der Waals surface area contributed by atoms with Crippen molar-refractivity contribution in [2.45, 2.75) is 0 Å². The summed E-state index contributed by atoms with van der Waals surface area (Å²) in [6.07, 6.45) is 3.19. The fraction of sp³-hybridized carbons (Fsp3) is 0. The number of carboxylic acid groups (broad SMARTS) is 1. The fourth-order valence-electron chi connectivity index (χ4n) is 1.77.